The molecule has 1 aliphatic rings. The zero-order chi connectivity index (χ0) is 15.6. The number of hydrogen-bond acceptors (Lipinski definition) is 6. The third-order valence-electron chi connectivity index (χ3n) is 4.17. The fraction of sp³-hybridized carbons (Fsp3) is 0.412. The fourth-order valence-corrected chi connectivity index (χ4v) is 3.98. The summed E-state index contributed by atoms with van der Waals surface area (Å²) in [5, 5.41) is 10.9. The van der Waals surface area contributed by atoms with Crippen molar-refractivity contribution < 1.29 is 9.26 Å². The molecule has 3 aromatic rings. The highest BCUT2D eigenvalue weighted by Crippen LogP contribution is 2.31. The fourth-order valence-electron chi connectivity index (χ4n) is 3.02. The summed E-state index contributed by atoms with van der Waals surface area (Å²) in [6, 6.07) is 8.53. The van der Waals surface area contributed by atoms with Crippen LogP contribution in [0.25, 0.3) is 10.1 Å². The summed E-state index contributed by atoms with van der Waals surface area (Å²) < 4.78 is 12.6. The maximum Gasteiger partial charge on any atom is 0.255 e. The Hall–Kier alpha value is -1.76. The van der Waals surface area contributed by atoms with Gasteiger partial charge in [-0.2, -0.15) is 4.98 Å². The zero-order valence-electron chi connectivity index (χ0n) is 13.0. The molecule has 23 heavy (non-hydrogen) atoms. The molecule has 0 radical (unpaired) electrons. The molecule has 0 aliphatic carbocycles. The van der Waals surface area contributed by atoms with Crippen molar-refractivity contribution >= 4 is 21.4 Å². The zero-order valence-corrected chi connectivity index (χ0v) is 13.8. The van der Waals surface area contributed by atoms with Crippen LogP contribution in [0.3, 0.4) is 0 Å². The minimum atomic E-state index is -0.0509. The van der Waals surface area contributed by atoms with E-state index in [0.29, 0.717) is 11.7 Å². The molecule has 0 unspecified atom stereocenters. The Kier molecular flexibility index (Phi) is 4.11. The second-order valence-electron chi connectivity index (χ2n) is 5.89. The lowest BCUT2D eigenvalue weighted by molar-refractivity contribution is 0.0264. The van der Waals surface area contributed by atoms with Gasteiger partial charge in [-0.25, -0.2) is 0 Å². The van der Waals surface area contributed by atoms with Crippen molar-refractivity contribution in [2.45, 2.75) is 38.5 Å². The molecule has 0 amide bonds. The molecule has 2 aromatic heterocycles. The van der Waals surface area contributed by atoms with Crippen LogP contribution in [-0.4, -0.2) is 22.8 Å². The number of aryl methyl sites for hydroxylation is 1. The van der Waals surface area contributed by atoms with Gasteiger partial charge in [-0.3, -0.25) is 0 Å². The van der Waals surface area contributed by atoms with Crippen molar-refractivity contribution in [3.8, 4) is 0 Å². The van der Waals surface area contributed by atoms with Crippen molar-refractivity contribution in [3.05, 3.63) is 46.9 Å². The van der Waals surface area contributed by atoms with E-state index in [0.717, 1.165) is 25.9 Å². The van der Waals surface area contributed by atoms with E-state index in [9.17, 15) is 0 Å². The SMILES string of the molecule is Cc1noc([C@@H]2CC[C@H](CNCc3csc4ccccc34)O2)n1. The first-order valence-electron chi connectivity index (χ1n) is 7.91. The van der Waals surface area contributed by atoms with Gasteiger partial charge in [0.15, 0.2) is 5.82 Å². The van der Waals surface area contributed by atoms with Crippen LogP contribution >= 0.6 is 11.3 Å². The summed E-state index contributed by atoms with van der Waals surface area (Å²) in [7, 11) is 0. The van der Waals surface area contributed by atoms with Gasteiger partial charge in [0, 0.05) is 17.8 Å². The molecule has 1 N–H and O–H groups in total. The maximum atomic E-state index is 6.01. The van der Waals surface area contributed by atoms with E-state index in [2.05, 4.69) is 45.1 Å². The third kappa shape index (κ3) is 3.15. The van der Waals surface area contributed by atoms with Crippen molar-refractivity contribution in [2.75, 3.05) is 6.54 Å². The summed E-state index contributed by atoms with van der Waals surface area (Å²) >= 11 is 1.80. The number of benzene rings is 1. The first kappa shape index (κ1) is 14.8. The van der Waals surface area contributed by atoms with Gasteiger partial charge in [0.05, 0.1) is 6.10 Å². The summed E-state index contributed by atoms with van der Waals surface area (Å²) in [5.74, 6) is 1.27. The second-order valence-corrected chi connectivity index (χ2v) is 6.80. The highest BCUT2D eigenvalue weighted by molar-refractivity contribution is 7.17. The normalized spacial score (nSPS) is 21.3. The van der Waals surface area contributed by atoms with Crippen LogP contribution in [0.4, 0.5) is 0 Å². The lowest BCUT2D eigenvalue weighted by atomic mass is 10.1. The summed E-state index contributed by atoms with van der Waals surface area (Å²) in [5.41, 5.74) is 1.35. The number of nitrogens with zero attached hydrogens (tertiary/aromatic N) is 2. The maximum absolute atomic E-state index is 6.01. The Labute approximate surface area is 138 Å². The third-order valence-corrected chi connectivity index (χ3v) is 5.19. The Bertz CT molecular complexity index is 798. The van der Waals surface area contributed by atoms with Crippen LogP contribution in [0, 0.1) is 6.92 Å². The van der Waals surface area contributed by atoms with Gasteiger partial charge in [-0.1, -0.05) is 23.4 Å². The monoisotopic (exact) mass is 329 g/mol. The number of hydrogen-bond donors (Lipinski definition) is 1. The minimum Gasteiger partial charge on any atom is -0.364 e. The van der Waals surface area contributed by atoms with Crippen molar-refractivity contribution in [1.82, 2.24) is 15.5 Å². The van der Waals surface area contributed by atoms with Crippen LogP contribution in [0.1, 0.15) is 36.2 Å². The van der Waals surface area contributed by atoms with Crippen LogP contribution < -0.4 is 5.32 Å². The highest BCUT2D eigenvalue weighted by atomic mass is 32.1. The molecule has 1 aromatic carbocycles. The number of nitrogens with one attached hydrogen (secondary N) is 1. The van der Waals surface area contributed by atoms with E-state index in [-0.39, 0.29) is 12.2 Å². The Balaban J connectivity index is 1.30. The van der Waals surface area contributed by atoms with Crippen molar-refractivity contribution in [3.63, 3.8) is 0 Å². The Morgan fingerprint density at radius 1 is 1.30 bits per heavy atom. The van der Waals surface area contributed by atoms with Gasteiger partial charge in [0.1, 0.15) is 6.10 Å². The first-order chi connectivity index (χ1) is 11.3. The van der Waals surface area contributed by atoms with Gasteiger partial charge >= 0.3 is 0 Å². The number of aromatic nitrogens is 2. The largest absolute Gasteiger partial charge is 0.364 e. The standard InChI is InChI=1S/C17H19N3O2S/c1-11-19-17(22-20-11)15-7-6-13(21-15)9-18-8-12-10-23-16-5-3-2-4-14(12)16/h2-5,10,13,15,18H,6-9H2,1H3/t13-,15+/m1/s1. The molecule has 0 spiro atoms. The molecule has 4 rings (SSSR count). The molecule has 3 heterocycles. The van der Waals surface area contributed by atoms with E-state index < -0.39 is 0 Å². The Morgan fingerprint density at radius 2 is 2.22 bits per heavy atom. The van der Waals surface area contributed by atoms with Crippen molar-refractivity contribution in [1.29, 1.82) is 0 Å². The molecular weight excluding hydrogens is 310 g/mol. The molecule has 0 saturated carbocycles. The van der Waals surface area contributed by atoms with E-state index in [1.165, 1.54) is 15.6 Å². The molecule has 1 fully saturated rings. The molecule has 0 bridgehead atoms. The molecule has 6 heteroatoms. The van der Waals surface area contributed by atoms with Gasteiger partial charge < -0.3 is 14.6 Å². The van der Waals surface area contributed by atoms with E-state index in [1.54, 1.807) is 11.3 Å². The van der Waals surface area contributed by atoms with Gasteiger partial charge in [0.25, 0.3) is 5.89 Å². The van der Waals surface area contributed by atoms with Crippen LogP contribution in [0.15, 0.2) is 34.2 Å². The van der Waals surface area contributed by atoms with Gasteiger partial charge in [-0.05, 0) is 42.2 Å². The number of thiophene rings is 1. The molecule has 120 valence electrons. The highest BCUT2D eigenvalue weighted by Gasteiger charge is 2.30. The van der Waals surface area contributed by atoms with E-state index in [1.807, 2.05) is 6.92 Å². The predicted molar refractivity (Wildman–Crippen MR) is 89.4 cm³/mol. The Morgan fingerprint density at radius 3 is 3.09 bits per heavy atom. The predicted octanol–water partition coefficient (Wildman–Crippen LogP) is 3.60. The number of ether oxygens (including phenoxy) is 1. The average Bonchev–Trinajstić information content (AvgIpc) is 3.27. The summed E-state index contributed by atoms with van der Waals surface area (Å²) in [6.07, 6.45) is 2.11. The summed E-state index contributed by atoms with van der Waals surface area (Å²) in [4.78, 5) is 4.26. The minimum absolute atomic E-state index is 0.0509. The van der Waals surface area contributed by atoms with Crippen LogP contribution in [0.2, 0.25) is 0 Å². The van der Waals surface area contributed by atoms with Crippen LogP contribution in [0.5, 0.6) is 0 Å². The topological polar surface area (TPSA) is 60.2 Å². The molecule has 2 atom stereocenters. The molecule has 5 nitrogen and oxygen atoms in total. The average molecular weight is 329 g/mol. The molecule has 1 saturated heterocycles. The second kappa shape index (κ2) is 6.39. The lowest BCUT2D eigenvalue weighted by Gasteiger charge is -2.12. The number of rotatable bonds is 5. The van der Waals surface area contributed by atoms with E-state index in [4.69, 9.17) is 9.26 Å². The van der Waals surface area contributed by atoms with Crippen molar-refractivity contribution in [2.24, 2.45) is 0 Å². The van der Waals surface area contributed by atoms with Gasteiger partial charge in [0.2, 0.25) is 0 Å². The first-order valence-corrected chi connectivity index (χ1v) is 8.79. The quantitative estimate of drug-likeness (QED) is 0.775. The van der Waals surface area contributed by atoms with E-state index >= 15 is 0 Å². The smallest absolute Gasteiger partial charge is 0.255 e. The molecule has 1 aliphatic heterocycles. The lowest BCUT2D eigenvalue weighted by Crippen LogP contribution is -2.26. The van der Waals surface area contributed by atoms with Gasteiger partial charge in [-0.15, -0.1) is 11.3 Å². The van der Waals surface area contributed by atoms with Crippen LogP contribution in [-0.2, 0) is 11.3 Å². The summed E-state index contributed by atoms with van der Waals surface area (Å²) in [6.45, 7) is 3.54. The number of fused-ring (bicyclic) bond motifs is 1. The molecular formula is C17H19N3O2S.